The highest BCUT2D eigenvalue weighted by Crippen LogP contribution is 2.41. The van der Waals surface area contributed by atoms with Crippen molar-refractivity contribution in [2.45, 2.75) is 0 Å². The van der Waals surface area contributed by atoms with Gasteiger partial charge in [-0.05, 0) is 48.5 Å². The SMILES string of the molecule is CS(=O)(=O)Nc1ccc(Nc2c3cc(Cl)ccc3nc3cc4c(cc23)OCCO4)cc1. The maximum atomic E-state index is 11.5. The molecule has 0 radical (unpaired) electrons. The van der Waals surface area contributed by atoms with Gasteiger partial charge in [-0.15, -0.1) is 0 Å². The van der Waals surface area contributed by atoms with Gasteiger partial charge in [0.25, 0.3) is 0 Å². The summed E-state index contributed by atoms with van der Waals surface area (Å²) >= 11 is 6.28. The first-order valence-corrected chi connectivity index (χ1v) is 11.8. The molecule has 1 aliphatic rings. The largest absolute Gasteiger partial charge is 0.486 e. The monoisotopic (exact) mass is 455 g/mol. The summed E-state index contributed by atoms with van der Waals surface area (Å²) in [7, 11) is -3.34. The number of nitrogens with zero attached hydrogens (tertiary/aromatic N) is 1. The fourth-order valence-electron chi connectivity index (χ4n) is 3.57. The highest BCUT2D eigenvalue weighted by Gasteiger charge is 2.17. The molecule has 0 fully saturated rings. The fraction of sp³-hybridized carbons (Fsp3) is 0.136. The molecule has 9 heteroatoms. The minimum absolute atomic E-state index is 0.486. The van der Waals surface area contributed by atoms with Crippen molar-refractivity contribution in [3.8, 4) is 11.5 Å². The van der Waals surface area contributed by atoms with Gasteiger partial charge in [0.15, 0.2) is 11.5 Å². The first-order chi connectivity index (χ1) is 14.9. The third-order valence-electron chi connectivity index (χ3n) is 4.86. The summed E-state index contributed by atoms with van der Waals surface area (Å²) in [6.07, 6.45) is 1.12. The Morgan fingerprint density at radius 2 is 1.52 bits per heavy atom. The summed E-state index contributed by atoms with van der Waals surface area (Å²) < 4.78 is 36.8. The Morgan fingerprint density at radius 1 is 0.871 bits per heavy atom. The number of nitrogens with one attached hydrogen (secondary N) is 2. The van der Waals surface area contributed by atoms with Crippen molar-refractivity contribution in [2.75, 3.05) is 29.5 Å². The van der Waals surface area contributed by atoms with E-state index < -0.39 is 10.0 Å². The van der Waals surface area contributed by atoms with E-state index >= 15 is 0 Å². The lowest BCUT2D eigenvalue weighted by Crippen LogP contribution is -2.15. The molecule has 0 amide bonds. The molecular weight excluding hydrogens is 438 g/mol. The number of pyridine rings is 1. The van der Waals surface area contributed by atoms with Gasteiger partial charge in [-0.3, -0.25) is 4.72 Å². The van der Waals surface area contributed by atoms with E-state index in [0.29, 0.717) is 35.4 Å². The highest BCUT2D eigenvalue weighted by atomic mass is 35.5. The third-order valence-corrected chi connectivity index (χ3v) is 5.70. The molecule has 0 spiro atoms. The van der Waals surface area contributed by atoms with Gasteiger partial charge in [-0.1, -0.05) is 11.6 Å². The summed E-state index contributed by atoms with van der Waals surface area (Å²) in [5, 5.41) is 5.76. The lowest BCUT2D eigenvalue weighted by molar-refractivity contribution is 0.172. The van der Waals surface area contributed by atoms with Crippen molar-refractivity contribution in [1.82, 2.24) is 4.98 Å². The van der Waals surface area contributed by atoms with Crippen LogP contribution in [-0.2, 0) is 10.0 Å². The molecule has 31 heavy (non-hydrogen) atoms. The summed E-state index contributed by atoms with van der Waals surface area (Å²) in [4.78, 5) is 4.77. The number of benzene rings is 3. The van der Waals surface area contributed by atoms with Crippen LogP contribution in [0.25, 0.3) is 21.8 Å². The fourth-order valence-corrected chi connectivity index (χ4v) is 4.30. The van der Waals surface area contributed by atoms with Gasteiger partial charge < -0.3 is 14.8 Å². The Balaban J connectivity index is 1.65. The summed E-state index contributed by atoms with van der Waals surface area (Å²) in [5.74, 6) is 1.33. The van der Waals surface area contributed by atoms with Crippen LogP contribution in [0.3, 0.4) is 0 Å². The van der Waals surface area contributed by atoms with Crippen molar-refractivity contribution in [3.63, 3.8) is 0 Å². The Bertz CT molecular complexity index is 1420. The molecule has 0 saturated heterocycles. The molecule has 1 aliphatic heterocycles. The summed E-state index contributed by atoms with van der Waals surface area (Å²) in [6.45, 7) is 0.990. The van der Waals surface area contributed by atoms with Crippen molar-refractivity contribution >= 4 is 60.5 Å². The van der Waals surface area contributed by atoms with Crippen molar-refractivity contribution in [3.05, 3.63) is 59.6 Å². The van der Waals surface area contributed by atoms with Gasteiger partial charge in [0.2, 0.25) is 10.0 Å². The number of fused-ring (bicyclic) bond motifs is 3. The van der Waals surface area contributed by atoms with E-state index in [9.17, 15) is 8.42 Å². The van der Waals surface area contributed by atoms with E-state index in [1.165, 1.54) is 0 Å². The topological polar surface area (TPSA) is 89.6 Å². The summed E-state index contributed by atoms with van der Waals surface area (Å²) in [6, 6.07) is 16.3. The third kappa shape index (κ3) is 4.04. The molecule has 0 bridgehead atoms. The van der Waals surface area contributed by atoms with E-state index in [1.807, 2.05) is 24.3 Å². The lowest BCUT2D eigenvalue weighted by Gasteiger charge is -2.20. The number of anilines is 3. The Morgan fingerprint density at radius 3 is 2.23 bits per heavy atom. The molecule has 2 N–H and O–H groups in total. The predicted molar refractivity (Wildman–Crippen MR) is 123 cm³/mol. The van der Waals surface area contributed by atoms with Crippen LogP contribution in [0.5, 0.6) is 11.5 Å². The zero-order valence-corrected chi connectivity index (χ0v) is 18.0. The first kappa shape index (κ1) is 19.7. The highest BCUT2D eigenvalue weighted by molar-refractivity contribution is 7.92. The molecular formula is C22H18ClN3O4S. The second-order valence-corrected chi connectivity index (χ2v) is 9.42. The number of sulfonamides is 1. The number of rotatable bonds is 4. The molecule has 3 aromatic carbocycles. The Kier molecular flexibility index (Phi) is 4.75. The van der Waals surface area contributed by atoms with Crippen LogP contribution in [0.2, 0.25) is 5.02 Å². The quantitative estimate of drug-likeness (QED) is 0.424. The molecule has 0 aliphatic carbocycles. The van der Waals surface area contributed by atoms with Crippen LogP contribution < -0.4 is 19.5 Å². The van der Waals surface area contributed by atoms with Gasteiger partial charge in [-0.2, -0.15) is 0 Å². The summed E-state index contributed by atoms with van der Waals surface area (Å²) in [5.41, 5.74) is 3.63. The van der Waals surface area contributed by atoms with Crippen LogP contribution in [0.15, 0.2) is 54.6 Å². The predicted octanol–water partition coefficient (Wildman–Crippen LogP) is 4.93. The lowest BCUT2D eigenvalue weighted by atomic mass is 10.1. The van der Waals surface area contributed by atoms with Crippen LogP contribution >= 0.6 is 11.6 Å². The first-order valence-electron chi connectivity index (χ1n) is 9.53. The van der Waals surface area contributed by atoms with Gasteiger partial charge >= 0.3 is 0 Å². The molecule has 4 aromatic rings. The zero-order chi connectivity index (χ0) is 21.6. The van der Waals surface area contributed by atoms with Crippen LogP contribution in [0, 0.1) is 0 Å². The molecule has 0 unspecified atom stereocenters. The zero-order valence-electron chi connectivity index (χ0n) is 16.5. The van der Waals surface area contributed by atoms with Crippen molar-refractivity contribution < 1.29 is 17.9 Å². The smallest absolute Gasteiger partial charge is 0.229 e. The number of aromatic nitrogens is 1. The van der Waals surface area contributed by atoms with E-state index in [4.69, 9.17) is 26.1 Å². The maximum absolute atomic E-state index is 11.5. The molecule has 0 atom stereocenters. The van der Waals surface area contributed by atoms with E-state index in [-0.39, 0.29) is 0 Å². The van der Waals surface area contributed by atoms with Crippen molar-refractivity contribution in [2.24, 2.45) is 0 Å². The van der Waals surface area contributed by atoms with Crippen LogP contribution in [0.1, 0.15) is 0 Å². The Labute approximate surface area is 184 Å². The van der Waals surface area contributed by atoms with Gasteiger partial charge in [-0.25, -0.2) is 13.4 Å². The molecule has 1 aromatic heterocycles. The molecule has 5 rings (SSSR count). The van der Waals surface area contributed by atoms with Crippen LogP contribution in [0.4, 0.5) is 17.1 Å². The molecule has 158 valence electrons. The molecule has 2 heterocycles. The van der Waals surface area contributed by atoms with E-state index in [0.717, 1.165) is 39.4 Å². The maximum Gasteiger partial charge on any atom is 0.229 e. The standard InChI is InChI=1S/C22H18ClN3O4S/c1-31(27,28)26-15-5-3-14(4-6-15)24-22-16-10-13(23)2-7-18(16)25-19-12-21-20(11-17(19)22)29-8-9-30-21/h2-7,10-12,26H,8-9H2,1H3,(H,24,25). The van der Waals surface area contributed by atoms with Gasteiger partial charge in [0.1, 0.15) is 13.2 Å². The number of halogens is 1. The van der Waals surface area contributed by atoms with E-state index in [1.54, 1.807) is 30.3 Å². The Hall–Kier alpha value is -3.23. The average molecular weight is 456 g/mol. The minimum atomic E-state index is -3.34. The van der Waals surface area contributed by atoms with Gasteiger partial charge in [0, 0.05) is 33.2 Å². The van der Waals surface area contributed by atoms with Crippen LogP contribution in [-0.4, -0.2) is 32.9 Å². The minimum Gasteiger partial charge on any atom is -0.486 e. The number of hydrogen-bond donors (Lipinski definition) is 2. The second kappa shape index (κ2) is 7.47. The molecule has 0 saturated carbocycles. The van der Waals surface area contributed by atoms with Gasteiger partial charge in [0.05, 0.1) is 23.0 Å². The van der Waals surface area contributed by atoms with Crippen molar-refractivity contribution in [1.29, 1.82) is 0 Å². The number of ether oxygens (including phenoxy) is 2. The number of hydrogen-bond acceptors (Lipinski definition) is 6. The van der Waals surface area contributed by atoms with E-state index in [2.05, 4.69) is 10.0 Å². The normalized spacial score (nSPS) is 13.4. The molecule has 7 nitrogen and oxygen atoms in total. The second-order valence-electron chi connectivity index (χ2n) is 7.24. The average Bonchev–Trinajstić information content (AvgIpc) is 2.73.